The van der Waals surface area contributed by atoms with Gasteiger partial charge in [-0.05, 0) is 31.6 Å². The molecule has 0 heterocycles. The lowest BCUT2D eigenvalue weighted by Gasteiger charge is -2.33. The van der Waals surface area contributed by atoms with E-state index in [1.54, 1.807) is 13.8 Å². The van der Waals surface area contributed by atoms with Gasteiger partial charge in [0.25, 0.3) is 0 Å². The predicted octanol–water partition coefficient (Wildman–Crippen LogP) is 2.61. The zero-order valence-electron chi connectivity index (χ0n) is 13.1. The van der Waals surface area contributed by atoms with Crippen LogP contribution in [0, 0.1) is 11.3 Å². The topological polar surface area (TPSA) is 78.4 Å². The maximum atomic E-state index is 11.9. The molecule has 0 aliphatic heterocycles. The van der Waals surface area contributed by atoms with E-state index in [1.807, 2.05) is 13.8 Å². The fraction of sp³-hybridized carbons (Fsp3) is 0.857. The number of carboxylic acid groups (broad SMARTS) is 1. The SMILES string of the molecule is CC(C)[C@@H](NC(=O)NC(C)(C)CC(C)(C)C)C(=O)O. The van der Waals surface area contributed by atoms with Crippen molar-refractivity contribution in [1.82, 2.24) is 10.6 Å². The van der Waals surface area contributed by atoms with Crippen molar-refractivity contribution in [3.05, 3.63) is 0 Å². The van der Waals surface area contributed by atoms with Gasteiger partial charge in [-0.2, -0.15) is 0 Å². The molecule has 0 aromatic carbocycles. The van der Waals surface area contributed by atoms with Crippen molar-refractivity contribution >= 4 is 12.0 Å². The highest BCUT2D eigenvalue weighted by Gasteiger charge is 2.29. The quantitative estimate of drug-likeness (QED) is 0.720. The van der Waals surface area contributed by atoms with Crippen LogP contribution in [-0.2, 0) is 4.79 Å². The number of urea groups is 1. The average molecular weight is 272 g/mol. The molecule has 0 aliphatic rings. The lowest BCUT2D eigenvalue weighted by molar-refractivity contribution is -0.140. The molecule has 0 fully saturated rings. The maximum Gasteiger partial charge on any atom is 0.326 e. The molecular formula is C14H28N2O3. The first-order chi connectivity index (χ1) is 8.34. The largest absolute Gasteiger partial charge is 0.480 e. The highest BCUT2D eigenvalue weighted by Crippen LogP contribution is 2.26. The van der Waals surface area contributed by atoms with Crippen LogP contribution >= 0.6 is 0 Å². The van der Waals surface area contributed by atoms with Crippen molar-refractivity contribution in [1.29, 1.82) is 0 Å². The Morgan fingerprint density at radius 2 is 1.58 bits per heavy atom. The molecule has 0 saturated heterocycles. The summed E-state index contributed by atoms with van der Waals surface area (Å²) < 4.78 is 0. The second kappa shape index (κ2) is 6.26. The fourth-order valence-electron chi connectivity index (χ4n) is 2.37. The first kappa shape index (κ1) is 17.7. The Morgan fingerprint density at radius 1 is 1.11 bits per heavy atom. The first-order valence-electron chi connectivity index (χ1n) is 6.65. The number of amides is 2. The summed E-state index contributed by atoms with van der Waals surface area (Å²) in [5.74, 6) is -1.17. The Morgan fingerprint density at radius 3 is 1.89 bits per heavy atom. The van der Waals surface area contributed by atoms with E-state index in [4.69, 9.17) is 5.11 Å². The molecule has 19 heavy (non-hydrogen) atoms. The van der Waals surface area contributed by atoms with Crippen LogP contribution in [0.25, 0.3) is 0 Å². The number of hydrogen-bond donors (Lipinski definition) is 3. The van der Waals surface area contributed by atoms with E-state index in [1.165, 1.54) is 0 Å². The summed E-state index contributed by atoms with van der Waals surface area (Å²) in [5.41, 5.74) is -0.302. The molecule has 0 saturated carbocycles. The molecule has 1 atom stereocenters. The first-order valence-corrected chi connectivity index (χ1v) is 6.65. The van der Waals surface area contributed by atoms with E-state index < -0.39 is 18.0 Å². The number of nitrogens with one attached hydrogen (secondary N) is 2. The minimum absolute atomic E-state index is 0.0844. The third-order valence-corrected chi connectivity index (χ3v) is 2.64. The lowest BCUT2D eigenvalue weighted by Crippen LogP contribution is -2.54. The molecule has 0 aromatic heterocycles. The lowest BCUT2D eigenvalue weighted by atomic mass is 9.82. The van der Waals surface area contributed by atoms with Crippen LogP contribution in [0.3, 0.4) is 0 Å². The zero-order chi connectivity index (χ0) is 15.4. The number of carbonyl (C=O) groups excluding carboxylic acids is 1. The second-order valence-corrected chi connectivity index (χ2v) is 7.28. The molecule has 2 amide bonds. The van der Waals surface area contributed by atoms with E-state index in [0.29, 0.717) is 0 Å². The molecule has 0 aliphatic carbocycles. The third kappa shape index (κ3) is 7.70. The van der Waals surface area contributed by atoms with Crippen molar-refractivity contribution in [3.8, 4) is 0 Å². The van der Waals surface area contributed by atoms with Gasteiger partial charge in [-0.15, -0.1) is 0 Å². The van der Waals surface area contributed by atoms with Gasteiger partial charge in [-0.1, -0.05) is 34.6 Å². The smallest absolute Gasteiger partial charge is 0.326 e. The van der Waals surface area contributed by atoms with Gasteiger partial charge < -0.3 is 15.7 Å². The number of carbonyl (C=O) groups is 2. The molecule has 0 rings (SSSR count). The average Bonchev–Trinajstić information content (AvgIpc) is 2.07. The van der Waals surface area contributed by atoms with E-state index in [2.05, 4.69) is 31.4 Å². The van der Waals surface area contributed by atoms with E-state index >= 15 is 0 Å². The van der Waals surface area contributed by atoms with Gasteiger partial charge in [0.15, 0.2) is 0 Å². The Labute approximate surface area is 116 Å². The highest BCUT2D eigenvalue weighted by atomic mass is 16.4. The van der Waals surface area contributed by atoms with Crippen LogP contribution in [0.1, 0.15) is 54.9 Å². The summed E-state index contributed by atoms with van der Waals surface area (Å²) in [7, 11) is 0. The maximum absolute atomic E-state index is 11.9. The molecular weight excluding hydrogens is 244 g/mol. The Kier molecular flexibility index (Phi) is 5.84. The predicted molar refractivity (Wildman–Crippen MR) is 76.1 cm³/mol. The van der Waals surface area contributed by atoms with E-state index in [-0.39, 0.29) is 16.9 Å². The number of carboxylic acids is 1. The second-order valence-electron chi connectivity index (χ2n) is 7.28. The van der Waals surface area contributed by atoms with Gasteiger partial charge in [0.1, 0.15) is 6.04 Å². The van der Waals surface area contributed by atoms with Crippen molar-refractivity contribution in [2.24, 2.45) is 11.3 Å². The molecule has 3 N–H and O–H groups in total. The van der Waals surface area contributed by atoms with Gasteiger partial charge in [0.2, 0.25) is 0 Å². The van der Waals surface area contributed by atoms with Crippen LogP contribution in [-0.4, -0.2) is 28.7 Å². The van der Waals surface area contributed by atoms with E-state index in [0.717, 1.165) is 6.42 Å². The molecule has 0 unspecified atom stereocenters. The van der Waals surface area contributed by atoms with Crippen molar-refractivity contribution in [2.45, 2.75) is 66.5 Å². The van der Waals surface area contributed by atoms with Gasteiger partial charge in [0, 0.05) is 5.54 Å². The molecule has 112 valence electrons. The van der Waals surface area contributed by atoms with Gasteiger partial charge in [-0.25, -0.2) is 9.59 Å². The van der Waals surface area contributed by atoms with Gasteiger partial charge in [-0.3, -0.25) is 0 Å². The summed E-state index contributed by atoms with van der Waals surface area (Å²) in [4.78, 5) is 22.9. The summed E-state index contributed by atoms with van der Waals surface area (Å²) in [5, 5.41) is 14.4. The Balaban J connectivity index is 4.57. The minimum atomic E-state index is -1.02. The van der Waals surface area contributed by atoms with Crippen LogP contribution in [0.5, 0.6) is 0 Å². The number of hydrogen-bond acceptors (Lipinski definition) is 2. The number of aliphatic carboxylic acids is 1. The molecule has 0 spiro atoms. The zero-order valence-corrected chi connectivity index (χ0v) is 13.1. The minimum Gasteiger partial charge on any atom is -0.480 e. The third-order valence-electron chi connectivity index (χ3n) is 2.64. The van der Waals surface area contributed by atoms with Gasteiger partial charge >= 0.3 is 12.0 Å². The summed E-state index contributed by atoms with van der Waals surface area (Å²) in [6, 6.07) is -1.30. The monoisotopic (exact) mass is 272 g/mol. The Hall–Kier alpha value is -1.26. The normalized spacial score (nSPS) is 14.1. The standard InChI is InChI=1S/C14H28N2O3/c1-9(2)10(11(17)18)15-12(19)16-14(6,7)8-13(3,4)5/h9-10H,8H2,1-7H3,(H,17,18)(H2,15,16,19)/t10-/m1/s1. The summed E-state index contributed by atoms with van der Waals surface area (Å²) >= 11 is 0. The van der Waals surface area contributed by atoms with Crippen molar-refractivity contribution < 1.29 is 14.7 Å². The molecule has 0 radical (unpaired) electrons. The van der Waals surface area contributed by atoms with Crippen LogP contribution < -0.4 is 10.6 Å². The molecule has 5 nitrogen and oxygen atoms in total. The number of rotatable bonds is 5. The van der Waals surface area contributed by atoms with Crippen molar-refractivity contribution in [2.75, 3.05) is 0 Å². The molecule has 0 aromatic rings. The molecule has 0 bridgehead atoms. The summed E-state index contributed by atoms with van der Waals surface area (Å²) in [6.45, 7) is 13.7. The van der Waals surface area contributed by atoms with Crippen LogP contribution in [0.4, 0.5) is 4.79 Å². The summed E-state index contributed by atoms with van der Waals surface area (Å²) in [6.07, 6.45) is 0.798. The highest BCUT2D eigenvalue weighted by molar-refractivity contribution is 5.83. The van der Waals surface area contributed by atoms with Gasteiger partial charge in [0.05, 0.1) is 0 Å². The molecule has 5 heteroatoms. The fourth-order valence-corrected chi connectivity index (χ4v) is 2.37. The van der Waals surface area contributed by atoms with Crippen LogP contribution in [0.2, 0.25) is 0 Å². The van der Waals surface area contributed by atoms with E-state index in [9.17, 15) is 9.59 Å². The van der Waals surface area contributed by atoms with Crippen molar-refractivity contribution in [3.63, 3.8) is 0 Å². The Bertz CT molecular complexity index is 330. The van der Waals surface area contributed by atoms with Crippen LogP contribution in [0.15, 0.2) is 0 Å².